The molecule has 4 aromatic rings. The Bertz CT molecular complexity index is 1890. The lowest BCUT2D eigenvalue weighted by atomic mass is 10.1. The third-order valence-electron chi connectivity index (χ3n) is 9.10. The zero-order valence-electron chi connectivity index (χ0n) is 27.8. The number of nitrogens with one attached hydrogen (secondary N) is 4. The van der Waals surface area contributed by atoms with Gasteiger partial charge in [0.15, 0.2) is 0 Å². The van der Waals surface area contributed by atoms with Crippen LogP contribution in [0, 0.1) is 5.41 Å². The van der Waals surface area contributed by atoms with Crippen LogP contribution in [-0.4, -0.2) is 71.8 Å². The van der Waals surface area contributed by atoms with Crippen LogP contribution in [0.25, 0.3) is 22.5 Å². The molecular weight excluding hydrogens is 681 g/mol. The van der Waals surface area contributed by atoms with Crippen molar-refractivity contribution < 1.29 is 24.2 Å². The number of amides is 2. The zero-order chi connectivity index (χ0) is 35.3. The minimum atomic E-state index is -0.467. The van der Waals surface area contributed by atoms with Crippen molar-refractivity contribution in [1.29, 1.82) is 0 Å². The van der Waals surface area contributed by atoms with E-state index in [2.05, 4.69) is 31.2 Å². The summed E-state index contributed by atoms with van der Waals surface area (Å²) in [7, 11) is 3.10. The van der Waals surface area contributed by atoms with E-state index in [0.717, 1.165) is 30.4 Å². The molecule has 3 aromatic heterocycles. The van der Waals surface area contributed by atoms with Gasteiger partial charge in [-0.05, 0) is 37.5 Å². The molecule has 2 amide bonds. The van der Waals surface area contributed by atoms with Crippen LogP contribution in [0.2, 0.25) is 10.0 Å². The number of pyridine rings is 3. The highest BCUT2D eigenvalue weighted by molar-refractivity contribution is 6.39. The SMILES string of the molecule is COc1cc(C(=O)Nc2cccc(-c3nccc(-c4ccc(CNC[C@H]5CCC(=O)N5)c(OC)n4)c3Cl)c2Cl)ncc1CNCC1(CO)CC1. The van der Waals surface area contributed by atoms with Gasteiger partial charge in [-0.2, -0.15) is 0 Å². The third-order valence-corrected chi connectivity index (χ3v) is 9.88. The Morgan fingerprint density at radius 3 is 2.56 bits per heavy atom. The second kappa shape index (κ2) is 15.7. The molecule has 1 aliphatic heterocycles. The topological polar surface area (TPSA) is 160 Å². The van der Waals surface area contributed by atoms with Gasteiger partial charge in [0, 0.05) is 91.4 Å². The number of aliphatic hydroxyl groups excluding tert-OH is 1. The van der Waals surface area contributed by atoms with Gasteiger partial charge in [0.25, 0.3) is 5.91 Å². The average Bonchev–Trinajstić information content (AvgIpc) is 3.80. The van der Waals surface area contributed by atoms with Gasteiger partial charge in [0.1, 0.15) is 11.4 Å². The summed E-state index contributed by atoms with van der Waals surface area (Å²) >= 11 is 13.8. The zero-order valence-corrected chi connectivity index (χ0v) is 29.3. The number of aliphatic hydroxyl groups is 1. The molecule has 50 heavy (non-hydrogen) atoms. The van der Waals surface area contributed by atoms with E-state index >= 15 is 0 Å². The Morgan fingerprint density at radius 1 is 1.02 bits per heavy atom. The summed E-state index contributed by atoms with van der Waals surface area (Å²) in [4.78, 5) is 38.4. The minimum absolute atomic E-state index is 0.0268. The van der Waals surface area contributed by atoms with Crippen molar-refractivity contribution in [2.75, 3.05) is 39.2 Å². The number of halogens is 2. The fourth-order valence-corrected chi connectivity index (χ4v) is 6.48. The third kappa shape index (κ3) is 8.00. The van der Waals surface area contributed by atoms with E-state index in [1.807, 2.05) is 12.1 Å². The van der Waals surface area contributed by atoms with E-state index in [9.17, 15) is 14.7 Å². The first-order valence-electron chi connectivity index (χ1n) is 16.4. The standard InChI is InChI=1S/C36H39Cl2N7O5/c1-49-29-14-28(42-17-22(29)16-40-19-36(20-46)11-12-36)34(48)44-27-5-3-4-25(31(27)37)33-32(38)24(10-13-41-33)26-8-6-21(35(45-26)50-2)15-39-18-23-7-9-30(47)43-23/h3-6,8,10,13-14,17,23,39-40,46H,7,9,11-12,15-16,18-20H2,1-2H3,(H,43,47)(H,44,48)/t23-/m1/s1. The predicted octanol–water partition coefficient (Wildman–Crippen LogP) is 5.01. The molecule has 5 N–H and O–H groups in total. The van der Waals surface area contributed by atoms with Crippen molar-refractivity contribution in [2.24, 2.45) is 5.41 Å². The van der Waals surface area contributed by atoms with Gasteiger partial charge in [-0.3, -0.25) is 19.6 Å². The van der Waals surface area contributed by atoms with Gasteiger partial charge in [0.05, 0.1) is 41.3 Å². The van der Waals surface area contributed by atoms with E-state index in [-0.39, 0.29) is 34.7 Å². The van der Waals surface area contributed by atoms with Crippen molar-refractivity contribution in [3.8, 4) is 34.1 Å². The molecule has 0 unspecified atom stereocenters. The van der Waals surface area contributed by atoms with Gasteiger partial charge in [-0.1, -0.05) is 41.4 Å². The smallest absolute Gasteiger partial charge is 0.274 e. The molecule has 14 heteroatoms. The summed E-state index contributed by atoms with van der Waals surface area (Å²) in [6.07, 6.45) is 6.61. The Hall–Kier alpha value is -4.33. The largest absolute Gasteiger partial charge is 0.496 e. The maximum Gasteiger partial charge on any atom is 0.274 e. The van der Waals surface area contributed by atoms with Crippen LogP contribution in [0.4, 0.5) is 5.69 Å². The summed E-state index contributed by atoms with van der Waals surface area (Å²) in [6, 6.07) is 12.5. The van der Waals surface area contributed by atoms with E-state index < -0.39 is 5.91 Å². The highest BCUT2D eigenvalue weighted by Gasteiger charge is 2.41. The molecule has 4 heterocycles. The van der Waals surface area contributed by atoms with Crippen molar-refractivity contribution in [2.45, 2.75) is 44.8 Å². The molecule has 12 nitrogen and oxygen atoms in total. The molecule has 1 atom stereocenters. The van der Waals surface area contributed by atoms with Gasteiger partial charge in [-0.25, -0.2) is 4.98 Å². The number of methoxy groups -OCH3 is 2. The van der Waals surface area contributed by atoms with Crippen LogP contribution in [0.1, 0.15) is 47.3 Å². The summed E-state index contributed by atoms with van der Waals surface area (Å²) in [5.41, 5.74) is 4.30. The lowest BCUT2D eigenvalue weighted by Crippen LogP contribution is -2.35. The van der Waals surface area contributed by atoms with Crippen LogP contribution in [-0.2, 0) is 17.9 Å². The summed E-state index contributed by atoms with van der Waals surface area (Å²) in [5.74, 6) is 0.585. The Morgan fingerprint density at radius 2 is 1.84 bits per heavy atom. The Balaban J connectivity index is 1.16. The molecule has 1 aliphatic carbocycles. The molecule has 2 fully saturated rings. The first-order chi connectivity index (χ1) is 24.2. The number of hydrogen-bond acceptors (Lipinski definition) is 10. The molecule has 1 saturated carbocycles. The summed E-state index contributed by atoms with van der Waals surface area (Å²) in [5, 5.41) is 22.7. The fourth-order valence-electron chi connectivity index (χ4n) is 5.91. The number of carbonyl (C=O) groups excluding carboxylic acids is 2. The van der Waals surface area contributed by atoms with Gasteiger partial charge in [0.2, 0.25) is 11.8 Å². The monoisotopic (exact) mass is 719 g/mol. The predicted molar refractivity (Wildman–Crippen MR) is 192 cm³/mol. The van der Waals surface area contributed by atoms with Gasteiger partial charge in [-0.15, -0.1) is 0 Å². The van der Waals surface area contributed by atoms with E-state index in [4.69, 9.17) is 37.7 Å². The first-order valence-corrected chi connectivity index (χ1v) is 17.1. The number of nitrogens with zero attached hydrogens (tertiary/aromatic N) is 3. The highest BCUT2D eigenvalue weighted by Crippen LogP contribution is 2.44. The Kier molecular flexibility index (Phi) is 11.1. The van der Waals surface area contributed by atoms with Crippen LogP contribution in [0.5, 0.6) is 11.6 Å². The lowest BCUT2D eigenvalue weighted by Gasteiger charge is -2.16. The molecule has 262 valence electrons. The fraction of sp³-hybridized carbons (Fsp3) is 0.361. The molecule has 0 radical (unpaired) electrons. The van der Waals surface area contributed by atoms with Crippen molar-refractivity contribution in [3.63, 3.8) is 0 Å². The number of aromatic nitrogens is 3. The Labute approximate surface area is 300 Å². The summed E-state index contributed by atoms with van der Waals surface area (Å²) in [6.45, 7) is 2.52. The number of ether oxygens (including phenoxy) is 2. The van der Waals surface area contributed by atoms with Crippen LogP contribution < -0.4 is 30.7 Å². The maximum atomic E-state index is 13.3. The van der Waals surface area contributed by atoms with Crippen molar-refractivity contribution in [1.82, 2.24) is 30.9 Å². The number of hydrogen-bond donors (Lipinski definition) is 5. The number of carbonyl (C=O) groups is 2. The number of anilines is 1. The first kappa shape index (κ1) is 35.5. The maximum absolute atomic E-state index is 13.3. The molecule has 0 bridgehead atoms. The van der Waals surface area contributed by atoms with Crippen molar-refractivity contribution >= 4 is 40.7 Å². The van der Waals surface area contributed by atoms with Crippen LogP contribution in [0.3, 0.4) is 0 Å². The van der Waals surface area contributed by atoms with E-state index in [1.54, 1.807) is 56.9 Å². The van der Waals surface area contributed by atoms with Gasteiger partial charge >= 0.3 is 0 Å². The lowest BCUT2D eigenvalue weighted by molar-refractivity contribution is -0.119. The number of rotatable bonds is 15. The van der Waals surface area contributed by atoms with Crippen molar-refractivity contribution in [3.05, 3.63) is 81.7 Å². The average molecular weight is 721 g/mol. The summed E-state index contributed by atoms with van der Waals surface area (Å²) < 4.78 is 11.1. The molecule has 2 aliphatic rings. The highest BCUT2D eigenvalue weighted by atomic mass is 35.5. The quantitative estimate of drug-likeness (QED) is 0.113. The number of benzene rings is 1. The van der Waals surface area contributed by atoms with Crippen LogP contribution in [0.15, 0.2) is 54.9 Å². The normalized spacial score (nSPS) is 16.2. The molecule has 0 spiro atoms. The molecule has 6 rings (SSSR count). The molecule has 1 saturated heterocycles. The minimum Gasteiger partial charge on any atom is -0.496 e. The van der Waals surface area contributed by atoms with E-state index in [0.29, 0.717) is 77.5 Å². The van der Waals surface area contributed by atoms with E-state index in [1.165, 1.54) is 0 Å². The molecular formula is C36H39Cl2N7O5. The van der Waals surface area contributed by atoms with Crippen LogP contribution >= 0.6 is 23.2 Å². The second-order valence-electron chi connectivity index (χ2n) is 12.6. The van der Waals surface area contributed by atoms with Gasteiger partial charge < -0.3 is 35.8 Å². The second-order valence-corrected chi connectivity index (χ2v) is 13.3. The molecule has 1 aromatic carbocycles.